The van der Waals surface area contributed by atoms with Crippen molar-refractivity contribution in [3.63, 3.8) is 0 Å². The zero-order valence-corrected chi connectivity index (χ0v) is 19.2. The third-order valence-electron chi connectivity index (χ3n) is 5.42. The molecule has 184 valence electrons. The quantitative estimate of drug-likeness (QED) is 0.515. The largest absolute Gasteiger partial charge is 0.507 e. The fourth-order valence-electron chi connectivity index (χ4n) is 3.53. The molecule has 0 saturated heterocycles. The molecule has 1 aliphatic carbocycles. The Morgan fingerprint density at radius 3 is 2.26 bits per heavy atom. The van der Waals surface area contributed by atoms with E-state index >= 15 is 0 Å². The molecular formula is C25H28F3NO5. The van der Waals surface area contributed by atoms with E-state index < -0.39 is 41.0 Å². The summed E-state index contributed by atoms with van der Waals surface area (Å²) in [6.07, 6.45) is -4.52. The molecule has 1 unspecified atom stereocenters. The van der Waals surface area contributed by atoms with E-state index in [1.54, 1.807) is 45.0 Å². The van der Waals surface area contributed by atoms with Crippen LogP contribution in [0.15, 0.2) is 42.5 Å². The van der Waals surface area contributed by atoms with Crippen LogP contribution in [-0.4, -0.2) is 22.6 Å². The van der Waals surface area contributed by atoms with Gasteiger partial charge in [-0.05, 0) is 56.9 Å². The highest BCUT2D eigenvalue weighted by molar-refractivity contribution is 5.87. The van der Waals surface area contributed by atoms with Gasteiger partial charge in [0.1, 0.15) is 22.7 Å². The summed E-state index contributed by atoms with van der Waals surface area (Å²) in [5.41, 5.74) is -0.867. The molecule has 0 spiro atoms. The SMILES string of the molecule is CC(C)(C)OC(=O)NCc1ccc(C(Oc2cccc(O)c2C(F)(F)F)C(=O)C2CCC2)cc1. The summed E-state index contributed by atoms with van der Waals surface area (Å²) < 4.78 is 51.4. The van der Waals surface area contributed by atoms with Gasteiger partial charge in [0.15, 0.2) is 11.9 Å². The first-order valence-electron chi connectivity index (χ1n) is 11.0. The average molecular weight is 479 g/mol. The van der Waals surface area contributed by atoms with Crippen LogP contribution in [0, 0.1) is 5.92 Å². The van der Waals surface area contributed by atoms with Crippen LogP contribution in [0.3, 0.4) is 0 Å². The average Bonchev–Trinajstić information content (AvgIpc) is 2.67. The molecule has 0 heterocycles. The second-order valence-corrected chi connectivity index (χ2v) is 9.27. The minimum atomic E-state index is -4.86. The predicted molar refractivity (Wildman–Crippen MR) is 118 cm³/mol. The molecule has 0 aliphatic heterocycles. The van der Waals surface area contributed by atoms with Crippen LogP contribution in [0.4, 0.5) is 18.0 Å². The van der Waals surface area contributed by atoms with Crippen LogP contribution in [0.1, 0.15) is 62.8 Å². The monoisotopic (exact) mass is 479 g/mol. The standard InChI is InChI=1S/C25H28F3NO5/c1-24(2,3)34-23(32)29-14-15-10-12-17(13-11-15)22(21(31)16-6-4-7-16)33-19-9-5-8-18(30)20(19)25(26,27)28/h5,8-13,16,22,30H,4,6-7,14H2,1-3H3,(H,29,32). The van der Waals surface area contributed by atoms with Crippen LogP contribution < -0.4 is 10.1 Å². The van der Waals surface area contributed by atoms with Crippen molar-refractivity contribution in [2.24, 2.45) is 5.92 Å². The molecule has 2 aromatic rings. The summed E-state index contributed by atoms with van der Waals surface area (Å²) in [7, 11) is 0. The van der Waals surface area contributed by atoms with Gasteiger partial charge in [-0.3, -0.25) is 4.79 Å². The van der Waals surface area contributed by atoms with Crippen molar-refractivity contribution in [1.82, 2.24) is 5.32 Å². The van der Waals surface area contributed by atoms with Crippen LogP contribution >= 0.6 is 0 Å². The summed E-state index contributed by atoms with van der Waals surface area (Å²) >= 11 is 0. The van der Waals surface area contributed by atoms with Crippen molar-refractivity contribution < 1.29 is 37.3 Å². The Morgan fingerprint density at radius 2 is 1.74 bits per heavy atom. The van der Waals surface area contributed by atoms with Gasteiger partial charge < -0.3 is 19.9 Å². The number of carbonyl (C=O) groups excluding carboxylic acids is 2. The van der Waals surface area contributed by atoms with Crippen LogP contribution in [0.2, 0.25) is 0 Å². The Labute approximate surface area is 196 Å². The van der Waals surface area contributed by atoms with Gasteiger partial charge in [-0.2, -0.15) is 13.2 Å². The van der Waals surface area contributed by atoms with Gasteiger partial charge in [0, 0.05) is 12.5 Å². The van der Waals surface area contributed by atoms with Crippen LogP contribution in [0.5, 0.6) is 11.5 Å². The molecule has 9 heteroatoms. The van der Waals surface area contributed by atoms with E-state index in [9.17, 15) is 27.9 Å². The molecule has 1 aliphatic rings. The van der Waals surface area contributed by atoms with E-state index in [0.717, 1.165) is 18.6 Å². The first-order chi connectivity index (χ1) is 15.8. The maximum Gasteiger partial charge on any atom is 0.423 e. The first-order valence-corrected chi connectivity index (χ1v) is 11.0. The molecule has 1 atom stereocenters. The fraction of sp³-hybridized carbons (Fsp3) is 0.440. The summed E-state index contributed by atoms with van der Waals surface area (Å²) in [5.74, 6) is -2.17. The third-order valence-corrected chi connectivity index (χ3v) is 5.42. The van der Waals surface area contributed by atoms with E-state index in [1.165, 1.54) is 6.07 Å². The second kappa shape index (κ2) is 9.95. The van der Waals surface area contributed by atoms with Crippen molar-refractivity contribution in [2.45, 2.75) is 64.5 Å². The number of ketones is 1. The maximum absolute atomic E-state index is 13.5. The first kappa shape index (κ1) is 25.4. The predicted octanol–water partition coefficient (Wildman–Crippen LogP) is 5.93. The van der Waals surface area contributed by atoms with E-state index in [1.807, 2.05) is 0 Å². The van der Waals surface area contributed by atoms with Crippen molar-refractivity contribution >= 4 is 11.9 Å². The van der Waals surface area contributed by atoms with Crippen molar-refractivity contribution in [2.75, 3.05) is 0 Å². The summed E-state index contributed by atoms with van der Waals surface area (Å²) in [6.45, 7) is 5.41. The van der Waals surface area contributed by atoms with E-state index in [4.69, 9.17) is 9.47 Å². The number of alkyl halides is 3. The summed E-state index contributed by atoms with van der Waals surface area (Å²) in [6, 6.07) is 9.73. The number of hydrogen-bond donors (Lipinski definition) is 2. The topological polar surface area (TPSA) is 84.9 Å². The molecule has 0 radical (unpaired) electrons. The van der Waals surface area contributed by atoms with E-state index in [2.05, 4.69) is 5.32 Å². The van der Waals surface area contributed by atoms with Gasteiger partial charge in [-0.1, -0.05) is 36.8 Å². The number of nitrogens with one attached hydrogen (secondary N) is 1. The highest BCUT2D eigenvalue weighted by Gasteiger charge is 2.40. The van der Waals surface area contributed by atoms with Crippen molar-refractivity contribution in [3.05, 3.63) is 59.2 Å². The van der Waals surface area contributed by atoms with Crippen LogP contribution in [-0.2, 0) is 22.3 Å². The van der Waals surface area contributed by atoms with Gasteiger partial charge in [-0.25, -0.2) is 4.79 Å². The Hall–Kier alpha value is -3.23. The minimum absolute atomic E-state index is 0.169. The molecule has 3 rings (SSSR count). The number of carbonyl (C=O) groups is 2. The molecule has 0 aromatic heterocycles. The van der Waals surface area contributed by atoms with Gasteiger partial charge >= 0.3 is 12.3 Å². The van der Waals surface area contributed by atoms with E-state index in [-0.39, 0.29) is 18.2 Å². The molecule has 0 bridgehead atoms. The second-order valence-electron chi connectivity index (χ2n) is 9.27. The highest BCUT2D eigenvalue weighted by Crippen LogP contribution is 2.44. The lowest BCUT2D eigenvalue weighted by Gasteiger charge is -2.29. The zero-order chi connectivity index (χ0) is 25.1. The molecule has 2 aromatic carbocycles. The molecule has 2 N–H and O–H groups in total. The number of aromatic hydroxyl groups is 1. The van der Waals surface area contributed by atoms with Gasteiger partial charge in [0.05, 0.1) is 0 Å². The number of Topliss-reactive ketones (excluding diaryl/α,β-unsaturated/α-hetero) is 1. The molecule has 1 saturated carbocycles. The summed E-state index contributed by atoms with van der Waals surface area (Å²) in [5, 5.41) is 12.4. The van der Waals surface area contributed by atoms with Gasteiger partial charge in [0.25, 0.3) is 0 Å². The number of amides is 1. The minimum Gasteiger partial charge on any atom is -0.507 e. The highest BCUT2D eigenvalue weighted by atomic mass is 19.4. The lowest BCUT2D eigenvalue weighted by Crippen LogP contribution is -2.32. The zero-order valence-electron chi connectivity index (χ0n) is 19.2. The third kappa shape index (κ3) is 6.42. The lowest BCUT2D eigenvalue weighted by molar-refractivity contribution is -0.142. The molecular weight excluding hydrogens is 451 g/mol. The van der Waals surface area contributed by atoms with Gasteiger partial charge in [0.2, 0.25) is 0 Å². The number of ether oxygens (including phenoxy) is 2. The molecule has 34 heavy (non-hydrogen) atoms. The Balaban J connectivity index is 1.82. The number of alkyl carbamates (subject to hydrolysis) is 1. The molecule has 1 amide bonds. The Kier molecular flexibility index (Phi) is 7.43. The number of benzene rings is 2. The number of hydrogen-bond acceptors (Lipinski definition) is 5. The van der Waals surface area contributed by atoms with Crippen LogP contribution in [0.25, 0.3) is 0 Å². The lowest BCUT2D eigenvalue weighted by atomic mass is 9.79. The maximum atomic E-state index is 13.5. The molecule has 1 fully saturated rings. The smallest absolute Gasteiger partial charge is 0.423 e. The normalized spacial score (nSPS) is 15.2. The van der Waals surface area contributed by atoms with Gasteiger partial charge in [-0.15, -0.1) is 0 Å². The number of phenols is 1. The molecule has 6 nitrogen and oxygen atoms in total. The Bertz CT molecular complexity index is 1020. The van der Waals surface area contributed by atoms with E-state index in [0.29, 0.717) is 24.0 Å². The fourth-order valence-corrected chi connectivity index (χ4v) is 3.53. The van der Waals surface area contributed by atoms with Crippen molar-refractivity contribution in [3.8, 4) is 11.5 Å². The number of rotatable bonds is 7. The summed E-state index contributed by atoms with van der Waals surface area (Å²) in [4.78, 5) is 24.9. The van der Waals surface area contributed by atoms with Crippen molar-refractivity contribution in [1.29, 1.82) is 0 Å². The Morgan fingerprint density at radius 1 is 1.09 bits per heavy atom. The number of halogens is 3. The number of phenolic OH excluding ortho intramolecular Hbond substituents is 1.